The smallest absolute Gasteiger partial charge is 0.399 e. The van der Waals surface area contributed by atoms with Gasteiger partial charge in [0, 0.05) is 56.7 Å². The topological polar surface area (TPSA) is 46.8 Å². The maximum Gasteiger partial charge on any atom is 0.494 e. The zero-order valence-corrected chi connectivity index (χ0v) is 41.3. The number of unbranched alkanes of at least 4 members (excludes halogenated alkanes) is 14. The van der Waals surface area contributed by atoms with E-state index < -0.39 is 36.6 Å². The summed E-state index contributed by atoms with van der Waals surface area (Å²) in [5.41, 5.74) is 8.17. The van der Waals surface area contributed by atoms with E-state index in [1.807, 2.05) is 0 Å². The monoisotopic (exact) mass is 865 g/mol. The number of nitrogens with zero attached hydrogens (tertiary/aromatic N) is 2. The van der Waals surface area contributed by atoms with E-state index >= 15 is 0 Å². The van der Waals surface area contributed by atoms with E-state index in [1.165, 1.54) is 157 Å². The molecule has 0 aliphatic carbocycles. The molecule has 2 aliphatic rings. The van der Waals surface area contributed by atoms with E-state index in [4.69, 9.17) is 18.6 Å². The van der Waals surface area contributed by atoms with Crippen molar-refractivity contribution in [3.05, 3.63) is 72.8 Å². The number of hydrogen-bond acceptors (Lipinski definition) is 4. The van der Waals surface area contributed by atoms with E-state index in [1.54, 1.807) is 0 Å². The molecule has 2 saturated heterocycles. The average molecular weight is 865 g/mol. The van der Waals surface area contributed by atoms with Gasteiger partial charge in [0.2, 0.25) is 0 Å². The predicted octanol–water partition coefficient (Wildman–Crippen LogP) is 14.4. The van der Waals surface area contributed by atoms with Crippen molar-refractivity contribution in [1.29, 1.82) is 0 Å². The summed E-state index contributed by atoms with van der Waals surface area (Å²) in [6.07, 6.45) is 21.0. The predicted molar refractivity (Wildman–Crippen MR) is 275 cm³/mol. The third kappa shape index (κ3) is 9.51. The third-order valence-electron chi connectivity index (χ3n) is 15.6. The number of rotatable bonds is 21. The normalized spacial score (nSPS) is 17.9. The van der Waals surface area contributed by atoms with Gasteiger partial charge in [-0.15, -0.1) is 0 Å². The van der Waals surface area contributed by atoms with Crippen LogP contribution in [-0.2, 0) is 31.7 Å². The highest BCUT2D eigenvalue weighted by Crippen LogP contribution is 2.40. The molecule has 4 aromatic carbocycles. The van der Waals surface area contributed by atoms with Gasteiger partial charge < -0.3 is 27.8 Å². The molecule has 2 aliphatic heterocycles. The lowest BCUT2D eigenvalue weighted by molar-refractivity contribution is 0.00578. The van der Waals surface area contributed by atoms with Gasteiger partial charge >= 0.3 is 14.2 Å². The largest absolute Gasteiger partial charge is 0.494 e. The van der Waals surface area contributed by atoms with Crippen molar-refractivity contribution in [2.45, 2.75) is 207 Å². The molecule has 0 atom stereocenters. The SMILES string of the molecule is CCCCCCCCCCn1c2ccc(B3OC(C)(C)C(C)(C)O3)cc2c2cc(-c3ccc4c(c3)c3cc(B5OC(C)(C)C(C)(C)O5)ccc3n4CCCCCCCCCC)ccc21. The Balaban J connectivity index is 1.15. The lowest BCUT2D eigenvalue weighted by atomic mass is 9.78. The van der Waals surface area contributed by atoms with Gasteiger partial charge in [-0.05, 0) is 127 Å². The molecule has 8 rings (SSSR count). The fourth-order valence-electron chi connectivity index (χ4n) is 10.1. The Hall–Kier alpha value is -3.55. The molecule has 0 radical (unpaired) electrons. The van der Waals surface area contributed by atoms with Gasteiger partial charge in [-0.25, -0.2) is 0 Å². The summed E-state index contributed by atoms with van der Waals surface area (Å²) in [4.78, 5) is 0. The van der Waals surface area contributed by atoms with Gasteiger partial charge in [0.05, 0.1) is 22.4 Å². The first-order valence-electron chi connectivity index (χ1n) is 25.5. The van der Waals surface area contributed by atoms with E-state index in [9.17, 15) is 0 Å². The van der Waals surface area contributed by atoms with Crippen LogP contribution >= 0.6 is 0 Å². The summed E-state index contributed by atoms with van der Waals surface area (Å²) in [5, 5.41) is 5.09. The van der Waals surface area contributed by atoms with Crippen molar-refractivity contribution >= 4 is 68.8 Å². The minimum Gasteiger partial charge on any atom is -0.399 e. The van der Waals surface area contributed by atoms with E-state index in [-0.39, 0.29) is 0 Å². The highest BCUT2D eigenvalue weighted by Gasteiger charge is 2.53. The van der Waals surface area contributed by atoms with Crippen molar-refractivity contribution in [2.75, 3.05) is 0 Å². The van der Waals surface area contributed by atoms with Gasteiger partial charge in [0.1, 0.15) is 0 Å². The maximum atomic E-state index is 6.58. The van der Waals surface area contributed by atoms with E-state index in [0.717, 1.165) is 24.0 Å². The fourth-order valence-corrected chi connectivity index (χ4v) is 10.1. The zero-order valence-electron chi connectivity index (χ0n) is 41.3. The van der Waals surface area contributed by atoms with Crippen LogP contribution in [0.3, 0.4) is 0 Å². The molecule has 342 valence electrons. The molecule has 0 N–H and O–H groups in total. The second-order valence-corrected chi connectivity index (χ2v) is 21.4. The van der Waals surface area contributed by atoms with Crippen LogP contribution in [-0.4, -0.2) is 45.8 Å². The Morgan fingerprint density at radius 3 is 0.969 bits per heavy atom. The number of aromatic nitrogens is 2. The first-order chi connectivity index (χ1) is 30.6. The van der Waals surface area contributed by atoms with Crippen LogP contribution < -0.4 is 10.9 Å². The minimum atomic E-state index is -0.406. The Bertz CT molecular complexity index is 2340. The number of benzene rings is 4. The Labute approximate surface area is 386 Å². The van der Waals surface area contributed by atoms with Gasteiger partial charge in [-0.1, -0.05) is 140 Å². The van der Waals surface area contributed by atoms with Crippen molar-refractivity contribution in [1.82, 2.24) is 9.13 Å². The summed E-state index contributed by atoms with van der Waals surface area (Å²) < 4.78 is 31.5. The molecule has 6 aromatic rings. The summed E-state index contributed by atoms with van der Waals surface area (Å²) in [6, 6.07) is 28.1. The molecule has 8 heteroatoms. The molecule has 0 bridgehead atoms. The molecule has 6 nitrogen and oxygen atoms in total. The summed E-state index contributed by atoms with van der Waals surface area (Å²) >= 11 is 0. The first kappa shape index (κ1) is 47.0. The molecule has 64 heavy (non-hydrogen) atoms. The van der Waals surface area contributed by atoms with Crippen LogP contribution in [0.15, 0.2) is 72.8 Å². The molecule has 4 heterocycles. The Morgan fingerprint density at radius 2 is 0.641 bits per heavy atom. The molecular weight excluding hydrogens is 786 g/mol. The third-order valence-corrected chi connectivity index (χ3v) is 15.6. The van der Waals surface area contributed by atoms with Crippen LogP contribution in [0.2, 0.25) is 0 Å². The fraction of sp³-hybridized carbons (Fsp3) is 0.571. The number of fused-ring (bicyclic) bond motifs is 6. The lowest BCUT2D eigenvalue weighted by Crippen LogP contribution is -2.41. The quantitative estimate of drug-likeness (QED) is 0.0534. The van der Waals surface area contributed by atoms with Crippen molar-refractivity contribution in [3.8, 4) is 11.1 Å². The molecule has 0 unspecified atom stereocenters. The highest BCUT2D eigenvalue weighted by atomic mass is 16.7. The van der Waals surface area contributed by atoms with Crippen molar-refractivity contribution in [3.63, 3.8) is 0 Å². The van der Waals surface area contributed by atoms with Crippen molar-refractivity contribution in [2.24, 2.45) is 0 Å². The highest BCUT2D eigenvalue weighted by molar-refractivity contribution is 6.63. The Morgan fingerprint density at radius 1 is 0.359 bits per heavy atom. The van der Waals surface area contributed by atoms with E-state index in [0.29, 0.717) is 0 Å². The van der Waals surface area contributed by atoms with E-state index in [2.05, 4.69) is 151 Å². The van der Waals surface area contributed by atoms with Crippen LogP contribution in [0.25, 0.3) is 54.7 Å². The van der Waals surface area contributed by atoms with Crippen LogP contribution in [0.4, 0.5) is 0 Å². The summed E-state index contributed by atoms with van der Waals surface area (Å²) in [5.74, 6) is 0. The molecule has 0 spiro atoms. The van der Waals surface area contributed by atoms with Gasteiger partial charge in [0.15, 0.2) is 0 Å². The second kappa shape index (κ2) is 19.4. The maximum absolute atomic E-state index is 6.58. The zero-order chi connectivity index (χ0) is 45.3. The minimum absolute atomic E-state index is 0.398. The van der Waals surface area contributed by atoms with Crippen LogP contribution in [0.5, 0.6) is 0 Å². The summed E-state index contributed by atoms with van der Waals surface area (Å²) in [6.45, 7) is 23.7. The van der Waals surface area contributed by atoms with Gasteiger partial charge in [0.25, 0.3) is 0 Å². The molecule has 0 amide bonds. The Kier molecular flexibility index (Phi) is 14.2. The average Bonchev–Trinajstić information content (AvgIpc) is 3.90. The standard InChI is InChI=1S/C56H78B2N2O4/c1-11-13-15-17-19-21-23-25-35-59-49-31-27-41(37-45(49)47-39-43(29-33-51(47)59)57-61-53(3,4)54(5,6)62-57)42-28-32-50-46(38-42)48-40-44(58-63-55(7,8)56(9,10)64-58)30-34-52(48)60(50)36-26-24-22-20-18-16-14-12-2/h27-34,37-40H,11-26,35-36H2,1-10H3. The van der Waals surface area contributed by atoms with Gasteiger partial charge in [-0.3, -0.25) is 0 Å². The number of aryl methyl sites for hydroxylation is 2. The first-order valence-corrected chi connectivity index (χ1v) is 25.5. The second-order valence-electron chi connectivity index (χ2n) is 21.4. The molecule has 0 saturated carbocycles. The lowest BCUT2D eigenvalue weighted by Gasteiger charge is -2.32. The summed E-state index contributed by atoms with van der Waals surface area (Å²) in [7, 11) is -0.812. The van der Waals surface area contributed by atoms with Crippen molar-refractivity contribution < 1.29 is 18.6 Å². The van der Waals surface area contributed by atoms with Gasteiger partial charge in [-0.2, -0.15) is 0 Å². The van der Waals surface area contributed by atoms with Crippen LogP contribution in [0.1, 0.15) is 172 Å². The molecule has 2 aromatic heterocycles. The molecular formula is C56H78B2N2O4. The van der Waals surface area contributed by atoms with Crippen LogP contribution in [0, 0.1) is 0 Å². The molecule has 2 fully saturated rings. The number of hydrogen-bond donors (Lipinski definition) is 0.